The molecule has 1 aromatic rings. The normalized spacial score (nSPS) is 18.8. The average molecular weight is 363 g/mol. The van der Waals surface area contributed by atoms with Crippen LogP contribution in [0.3, 0.4) is 0 Å². The molecule has 1 amide bonds. The summed E-state index contributed by atoms with van der Waals surface area (Å²) in [6, 6.07) is 9.21. The van der Waals surface area contributed by atoms with Gasteiger partial charge in [-0.15, -0.1) is 0 Å². The van der Waals surface area contributed by atoms with Crippen LogP contribution in [0.25, 0.3) is 0 Å². The minimum absolute atomic E-state index is 0.221. The zero-order valence-corrected chi connectivity index (χ0v) is 16.1. The van der Waals surface area contributed by atoms with E-state index in [1.807, 2.05) is 18.2 Å². The summed E-state index contributed by atoms with van der Waals surface area (Å²) in [6.45, 7) is 8.52. The van der Waals surface area contributed by atoms with E-state index in [-0.39, 0.29) is 6.09 Å². The lowest BCUT2D eigenvalue weighted by atomic mass is 10.1. The summed E-state index contributed by atoms with van der Waals surface area (Å²) < 4.78 is 5.24. The van der Waals surface area contributed by atoms with Gasteiger partial charge in [0.2, 0.25) is 0 Å². The van der Waals surface area contributed by atoms with Crippen LogP contribution in [-0.2, 0) is 0 Å². The number of nitrogens with two attached hydrogens (primary N) is 1. The molecule has 6 nitrogen and oxygen atoms in total. The van der Waals surface area contributed by atoms with Gasteiger partial charge in [0, 0.05) is 39.3 Å². The van der Waals surface area contributed by atoms with E-state index in [9.17, 15) is 4.79 Å². The quantitative estimate of drug-likeness (QED) is 0.890. The number of hydrogen-bond acceptors (Lipinski definition) is 5. The Morgan fingerprint density at radius 2 is 1.65 bits per heavy atom. The molecule has 0 spiro atoms. The zero-order chi connectivity index (χ0) is 18.6. The maximum atomic E-state index is 11.7. The number of rotatable bonds is 4. The van der Waals surface area contributed by atoms with Gasteiger partial charge in [0.05, 0.1) is 0 Å². The third-order valence-electron chi connectivity index (χ3n) is 4.84. The molecule has 26 heavy (non-hydrogen) atoms. The molecule has 3 rings (SSSR count). The molecule has 0 atom stereocenters. The van der Waals surface area contributed by atoms with Crippen molar-refractivity contribution < 1.29 is 9.53 Å². The molecule has 0 saturated carbocycles. The highest BCUT2D eigenvalue weighted by atomic mass is 16.6. The fraction of sp³-hybridized carbons (Fsp3) is 0.650. The van der Waals surface area contributed by atoms with Gasteiger partial charge in [-0.3, -0.25) is 0 Å². The molecule has 2 fully saturated rings. The van der Waals surface area contributed by atoms with E-state index < -0.39 is 0 Å². The lowest BCUT2D eigenvalue weighted by Crippen LogP contribution is -2.44. The fourth-order valence-electron chi connectivity index (χ4n) is 3.12. The zero-order valence-electron chi connectivity index (χ0n) is 16.1. The Labute approximate surface area is 157 Å². The molecule has 2 saturated heterocycles. The van der Waals surface area contributed by atoms with Crippen LogP contribution in [0, 0.1) is 0 Å². The first-order chi connectivity index (χ1) is 12.7. The van der Waals surface area contributed by atoms with Gasteiger partial charge in [0.1, 0.15) is 5.75 Å². The number of nitrogens with zero attached hydrogens (tertiary/aromatic N) is 3. The van der Waals surface area contributed by atoms with Crippen molar-refractivity contribution in [1.82, 2.24) is 14.7 Å². The van der Waals surface area contributed by atoms with E-state index in [0.29, 0.717) is 5.75 Å². The van der Waals surface area contributed by atoms with E-state index in [1.54, 1.807) is 17.0 Å². The molecule has 0 unspecified atom stereocenters. The van der Waals surface area contributed by atoms with Gasteiger partial charge < -0.3 is 25.2 Å². The van der Waals surface area contributed by atoms with Crippen LogP contribution in [0.4, 0.5) is 4.79 Å². The van der Waals surface area contributed by atoms with E-state index in [2.05, 4.69) is 16.8 Å². The van der Waals surface area contributed by atoms with Crippen molar-refractivity contribution in [3.63, 3.8) is 0 Å². The first-order valence-electron chi connectivity index (χ1n) is 9.82. The molecule has 2 N–H and O–H groups in total. The van der Waals surface area contributed by atoms with Crippen LogP contribution in [0.15, 0.2) is 30.3 Å². The smallest absolute Gasteiger partial charge is 0.410 e. The van der Waals surface area contributed by atoms with Gasteiger partial charge in [-0.05, 0) is 58.0 Å². The molecular weight excluding hydrogens is 328 g/mol. The Morgan fingerprint density at radius 1 is 1.00 bits per heavy atom. The second kappa shape index (κ2) is 11.9. The van der Waals surface area contributed by atoms with Crippen LogP contribution in [0.5, 0.6) is 5.75 Å². The maximum absolute atomic E-state index is 11.7. The van der Waals surface area contributed by atoms with Crippen molar-refractivity contribution in [3.05, 3.63) is 30.3 Å². The number of benzene rings is 1. The van der Waals surface area contributed by atoms with Gasteiger partial charge in [-0.1, -0.05) is 18.2 Å². The second-order valence-electron chi connectivity index (χ2n) is 7.02. The van der Waals surface area contributed by atoms with Crippen molar-refractivity contribution in [2.24, 2.45) is 5.73 Å². The number of piperazine rings is 1. The fourth-order valence-corrected chi connectivity index (χ4v) is 3.12. The Morgan fingerprint density at radius 3 is 2.27 bits per heavy atom. The van der Waals surface area contributed by atoms with Crippen LogP contribution in [0.2, 0.25) is 0 Å². The van der Waals surface area contributed by atoms with Gasteiger partial charge in [0.15, 0.2) is 0 Å². The molecule has 0 radical (unpaired) electrons. The number of hydrogen-bond donors (Lipinski definition) is 1. The Kier molecular flexibility index (Phi) is 9.45. The van der Waals surface area contributed by atoms with Crippen molar-refractivity contribution in [2.45, 2.75) is 25.7 Å². The van der Waals surface area contributed by atoms with Crippen LogP contribution < -0.4 is 10.5 Å². The van der Waals surface area contributed by atoms with Gasteiger partial charge in [-0.25, -0.2) is 4.79 Å². The maximum Gasteiger partial charge on any atom is 0.415 e. The first kappa shape index (κ1) is 20.7. The molecule has 0 aromatic heterocycles. The molecule has 6 heteroatoms. The molecule has 146 valence electrons. The minimum Gasteiger partial charge on any atom is -0.410 e. The van der Waals surface area contributed by atoms with Crippen molar-refractivity contribution in [3.8, 4) is 5.75 Å². The Balaban J connectivity index is 0.000000197. The van der Waals surface area contributed by atoms with E-state index in [1.165, 1.54) is 39.1 Å². The van der Waals surface area contributed by atoms with E-state index >= 15 is 0 Å². The van der Waals surface area contributed by atoms with Gasteiger partial charge >= 0.3 is 6.09 Å². The topological polar surface area (TPSA) is 62.0 Å². The summed E-state index contributed by atoms with van der Waals surface area (Å²) >= 11 is 0. The third-order valence-corrected chi connectivity index (χ3v) is 4.84. The molecule has 2 aliphatic heterocycles. The van der Waals surface area contributed by atoms with E-state index in [0.717, 1.165) is 38.9 Å². The summed E-state index contributed by atoms with van der Waals surface area (Å²) in [5.41, 5.74) is 5.44. The number of ether oxygens (including phenoxy) is 1. The summed E-state index contributed by atoms with van der Waals surface area (Å²) in [5.74, 6) is 0.619. The minimum atomic E-state index is -0.221. The SMILES string of the molecule is CN1CCN(CCCN)CC1.O=C(Oc1ccccc1)N1CCCCC1. The summed E-state index contributed by atoms with van der Waals surface area (Å²) in [7, 11) is 2.18. The highest BCUT2D eigenvalue weighted by molar-refractivity contribution is 5.70. The van der Waals surface area contributed by atoms with Gasteiger partial charge in [0.25, 0.3) is 0 Å². The lowest BCUT2D eigenvalue weighted by Gasteiger charge is -2.32. The van der Waals surface area contributed by atoms with Crippen molar-refractivity contribution in [2.75, 3.05) is 59.4 Å². The van der Waals surface area contributed by atoms with E-state index in [4.69, 9.17) is 10.5 Å². The predicted octanol–water partition coefficient (Wildman–Crippen LogP) is 2.25. The standard InChI is InChI=1S/C12H15NO2.C8H19N3/c14-12(13-9-5-2-6-10-13)15-11-7-3-1-4-8-11;1-10-5-7-11(8-6-10)4-2-3-9/h1,3-4,7-8H,2,5-6,9-10H2;2-9H2,1H3. The van der Waals surface area contributed by atoms with Crippen molar-refractivity contribution >= 4 is 6.09 Å². The monoisotopic (exact) mass is 362 g/mol. The average Bonchev–Trinajstić information content (AvgIpc) is 2.69. The molecule has 1 aromatic carbocycles. The summed E-state index contributed by atoms with van der Waals surface area (Å²) in [6.07, 6.45) is 4.31. The van der Waals surface area contributed by atoms with Gasteiger partial charge in [-0.2, -0.15) is 0 Å². The number of likely N-dealkylation sites (N-methyl/N-ethyl adjacent to an activating group) is 1. The summed E-state index contributed by atoms with van der Waals surface area (Å²) in [5, 5.41) is 0. The van der Waals surface area contributed by atoms with Crippen LogP contribution in [0.1, 0.15) is 25.7 Å². The summed E-state index contributed by atoms with van der Waals surface area (Å²) in [4.78, 5) is 18.3. The second-order valence-corrected chi connectivity index (χ2v) is 7.02. The number of piperidine rings is 1. The van der Waals surface area contributed by atoms with Crippen LogP contribution >= 0.6 is 0 Å². The highest BCUT2D eigenvalue weighted by Crippen LogP contribution is 2.13. The molecule has 0 aliphatic carbocycles. The molecular formula is C20H34N4O2. The Hall–Kier alpha value is -1.63. The first-order valence-corrected chi connectivity index (χ1v) is 9.82. The predicted molar refractivity (Wildman–Crippen MR) is 105 cm³/mol. The Bertz CT molecular complexity index is 495. The molecule has 2 heterocycles. The van der Waals surface area contributed by atoms with Crippen LogP contribution in [-0.4, -0.2) is 80.2 Å². The highest BCUT2D eigenvalue weighted by Gasteiger charge is 2.17. The number of likely N-dealkylation sites (tertiary alicyclic amines) is 1. The van der Waals surface area contributed by atoms with Crippen molar-refractivity contribution in [1.29, 1.82) is 0 Å². The lowest BCUT2D eigenvalue weighted by molar-refractivity contribution is 0.142. The third kappa shape index (κ3) is 7.72. The molecule has 0 bridgehead atoms. The number of carbonyl (C=O) groups is 1. The number of carbonyl (C=O) groups excluding carboxylic acids is 1. The molecule has 2 aliphatic rings. The number of para-hydroxylation sites is 1. The number of amides is 1. The largest absolute Gasteiger partial charge is 0.415 e.